The first-order valence-corrected chi connectivity index (χ1v) is 6.81. The average Bonchev–Trinajstić information content (AvgIpc) is 2.21. The molecule has 0 aromatic heterocycles. The molecular formula is C10H23N3O2S. The van der Waals surface area contributed by atoms with Gasteiger partial charge in [0.05, 0.1) is 0 Å². The van der Waals surface area contributed by atoms with E-state index < -0.39 is 10.2 Å². The lowest BCUT2D eigenvalue weighted by molar-refractivity contribution is 0.380. The van der Waals surface area contributed by atoms with Crippen LogP contribution in [-0.4, -0.2) is 50.3 Å². The van der Waals surface area contributed by atoms with Gasteiger partial charge in [0.15, 0.2) is 0 Å². The Morgan fingerprint density at radius 3 is 2.38 bits per heavy atom. The van der Waals surface area contributed by atoms with Gasteiger partial charge >= 0.3 is 0 Å². The number of nitrogens with two attached hydrogens (primary N) is 1. The smallest absolute Gasteiger partial charge is 0.282 e. The summed E-state index contributed by atoms with van der Waals surface area (Å²) in [4.78, 5) is 0. The third kappa shape index (κ3) is 4.61. The van der Waals surface area contributed by atoms with Crippen LogP contribution in [-0.2, 0) is 10.2 Å². The minimum Gasteiger partial charge on any atom is -0.330 e. The molecule has 0 unspecified atom stereocenters. The molecule has 0 saturated heterocycles. The SMILES string of the molecule is C=C(C)CN(CC)S(=O)(=O)N(C)CCCN. The Labute approximate surface area is 99.1 Å². The zero-order chi connectivity index (χ0) is 12.8. The molecule has 0 radical (unpaired) electrons. The molecule has 5 nitrogen and oxygen atoms in total. The fourth-order valence-corrected chi connectivity index (χ4v) is 2.75. The van der Waals surface area contributed by atoms with Gasteiger partial charge in [-0.05, 0) is 19.9 Å². The molecule has 0 aromatic carbocycles. The third-order valence-corrected chi connectivity index (χ3v) is 4.21. The molecule has 0 spiro atoms. The van der Waals surface area contributed by atoms with Gasteiger partial charge in [-0.3, -0.25) is 0 Å². The number of rotatable bonds is 8. The third-order valence-electron chi connectivity index (χ3n) is 2.20. The highest BCUT2D eigenvalue weighted by atomic mass is 32.2. The zero-order valence-corrected chi connectivity index (χ0v) is 11.3. The first-order chi connectivity index (χ1) is 7.36. The molecule has 0 fully saturated rings. The van der Waals surface area contributed by atoms with Gasteiger partial charge in [0.2, 0.25) is 0 Å². The van der Waals surface area contributed by atoms with Gasteiger partial charge in [0.1, 0.15) is 0 Å². The Balaban J connectivity index is 4.65. The highest BCUT2D eigenvalue weighted by Gasteiger charge is 2.24. The lowest BCUT2D eigenvalue weighted by atomic mass is 10.3. The average molecular weight is 249 g/mol. The maximum absolute atomic E-state index is 12.1. The van der Waals surface area contributed by atoms with Crippen LogP contribution in [0.2, 0.25) is 0 Å². The van der Waals surface area contributed by atoms with E-state index in [0.717, 1.165) is 5.57 Å². The van der Waals surface area contributed by atoms with E-state index in [9.17, 15) is 8.42 Å². The monoisotopic (exact) mass is 249 g/mol. The van der Waals surface area contributed by atoms with E-state index in [1.165, 1.54) is 8.61 Å². The van der Waals surface area contributed by atoms with E-state index in [1.807, 2.05) is 13.8 Å². The zero-order valence-electron chi connectivity index (χ0n) is 10.4. The predicted octanol–water partition coefficient (Wildman–Crippen LogP) is 0.410. The molecule has 0 atom stereocenters. The van der Waals surface area contributed by atoms with Gasteiger partial charge in [0.25, 0.3) is 10.2 Å². The minimum atomic E-state index is -3.37. The van der Waals surface area contributed by atoms with Gasteiger partial charge in [-0.25, -0.2) is 0 Å². The van der Waals surface area contributed by atoms with Crippen LogP contribution >= 0.6 is 0 Å². The van der Waals surface area contributed by atoms with Crippen molar-refractivity contribution in [3.8, 4) is 0 Å². The van der Waals surface area contributed by atoms with Crippen LogP contribution in [0.25, 0.3) is 0 Å². The van der Waals surface area contributed by atoms with E-state index >= 15 is 0 Å². The summed E-state index contributed by atoms with van der Waals surface area (Å²) >= 11 is 0. The predicted molar refractivity (Wildman–Crippen MR) is 67.3 cm³/mol. The van der Waals surface area contributed by atoms with Crippen molar-refractivity contribution in [1.29, 1.82) is 0 Å². The van der Waals surface area contributed by atoms with E-state index in [0.29, 0.717) is 32.6 Å². The number of hydrogen-bond acceptors (Lipinski definition) is 3. The molecule has 0 aromatic rings. The lowest BCUT2D eigenvalue weighted by Crippen LogP contribution is -2.43. The largest absolute Gasteiger partial charge is 0.330 e. The quantitative estimate of drug-likeness (QED) is 0.634. The Hall–Kier alpha value is -0.430. The van der Waals surface area contributed by atoms with E-state index in [2.05, 4.69) is 6.58 Å². The molecule has 0 heterocycles. The van der Waals surface area contributed by atoms with Gasteiger partial charge in [-0.1, -0.05) is 19.1 Å². The van der Waals surface area contributed by atoms with Crippen molar-refractivity contribution in [2.75, 3.05) is 33.2 Å². The summed E-state index contributed by atoms with van der Waals surface area (Å²) in [5, 5.41) is 0. The highest BCUT2D eigenvalue weighted by molar-refractivity contribution is 7.86. The van der Waals surface area contributed by atoms with Crippen LogP contribution < -0.4 is 5.73 Å². The topological polar surface area (TPSA) is 66.6 Å². The van der Waals surface area contributed by atoms with Gasteiger partial charge in [-0.2, -0.15) is 17.0 Å². The molecular weight excluding hydrogens is 226 g/mol. The molecule has 0 aliphatic carbocycles. The van der Waals surface area contributed by atoms with Crippen molar-refractivity contribution in [3.05, 3.63) is 12.2 Å². The lowest BCUT2D eigenvalue weighted by Gasteiger charge is -2.26. The molecule has 0 rings (SSSR count). The van der Waals surface area contributed by atoms with Crippen LogP contribution in [0.3, 0.4) is 0 Å². The molecule has 0 amide bonds. The molecule has 0 aliphatic rings. The standard InChI is InChI=1S/C10H23N3O2S/c1-5-13(9-10(2)3)16(14,15)12(4)8-6-7-11/h2,5-9,11H2,1,3-4H3. The summed E-state index contributed by atoms with van der Waals surface area (Å²) in [6.07, 6.45) is 0.667. The van der Waals surface area contributed by atoms with Gasteiger partial charge in [0, 0.05) is 26.7 Å². The maximum Gasteiger partial charge on any atom is 0.282 e. The number of nitrogens with zero attached hydrogens (tertiary/aromatic N) is 2. The Kier molecular flexibility index (Phi) is 6.82. The second-order valence-electron chi connectivity index (χ2n) is 3.85. The Morgan fingerprint density at radius 1 is 1.44 bits per heavy atom. The van der Waals surface area contributed by atoms with Crippen molar-refractivity contribution in [3.63, 3.8) is 0 Å². The molecule has 16 heavy (non-hydrogen) atoms. The summed E-state index contributed by atoms with van der Waals surface area (Å²) in [6, 6.07) is 0. The van der Waals surface area contributed by atoms with Gasteiger partial charge < -0.3 is 5.73 Å². The molecule has 0 aliphatic heterocycles. The maximum atomic E-state index is 12.1. The van der Waals surface area contributed by atoms with E-state index in [-0.39, 0.29) is 0 Å². The van der Waals surface area contributed by atoms with Crippen LogP contribution in [0, 0.1) is 0 Å². The minimum absolute atomic E-state index is 0.367. The summed E-state index contributed by atoms with van der Waals surface area (Å²) in [7, 11) is -1.79. The number of likely N-dealkylation sites (N-methyl/N-ethyl adjacent to an activating group) is 1. The Bertz CT molecular complexity index is 314. The summed E-state index contributed by atoms with van der Waals surface area (Å²) in [5.74, 6) is 0. The molecule has 96 valence electrons. The molecule has 2 N–H and O–H groups in total. The normalized spacial score (nSPS) is 12.4. The number of hydrogen-bond donors (Lipinski definition) is 1. The first kappa shape index (κ1) is 15.6. The second kappa shape index (κ2) is 7.01. The second-order valence-corrected chi connectivity index (χ2v) is 5.89. The fraction of sp³-hybridized carbons (Fsp3) is 0.800. The van der Waals surface area contributed by atoms with Crippen molar-refractivity contribution in [2.45, 2.75) is 20.3 Å². The van der Waals surface area contributed by atoms with Crippen LogP contribution in [0.15, 0.2) is 12.2 Å². The van der Waals surface area contributed by atoms with Crippen LogP contribution in [0.4, 0.5) is 0 Å². The molecule has 0 saturated carbocycles. The Morgan fingerprint density at radius 2 is 2.00 bits per heavy atom. The summed E-state index contributed by atoms with van der Waals surface area (Å²) in [6.45, 7) is 9.12. The van der Waals surface area contributed by atoms with Crippen LogP contribution in [0.1, 0.15) is 20.3 Å². The van der Waals surface area contributed by atoms with Crippen LogP contribution in [0.5, 0.6) is 0 Å². The first-order valence-electron chi connectivity index (χ1n) is 5.42. The van der Waals surface area contributed by atoms with Crippen molar-refractivity contribution >= 4 is 10.2 Å². The van der Waals surface area contributed by atoms with Crippen molar-refractivity contribution in [2.24, 2.45) is 5.73 Å². The van der Waals surface area contributed by atoms with Gasteiger partial charge in [-0.15, -0.1) is 0 Å². The van der Waals surface area contributed by atoms with Crippen molar-refractivity contribution < 1.29 is 8.42 Å². The van der Waals surface area contributed by atoms with E-state index in [4.69, 9.17) is 5.73 Å². The molecule has 0 bridgehead atoms. The summed E-state index contributed by atoms with van der Waals surface area (Å²) in [5.41, 5.74) is 6.19. The molecule has 6 heteroatoms. The highest BCUT2D eigenvalue weighted by Crippen LogP contribution is 2.08. The fourth-order valence-electron chi connectivity index (χ4n) is 1.28. The summed E-state index contributed by atoms with van der Waals surface area (Å²) < 4.78 is 26.9. The van der Waals surface area contributed by atoms with Crippen molar-refractivity contribution in [1.82, 2.24) is 8.61 Å². The van der Waals surface area contributed by atoms with E-state index in [1.54, 1.807) is 7.05 Å².